The lowest BCUT2D eigenvalue weighted by Crippen LogP contribution is -1.82. The Kier molecular flexibility index (Phi) is 3.41. The van der Waals surface area contributed by atoms with E-state index in [0.29, 0.717) is 0 Å². The minimum Gasteiger partial charge on any atom is -0.227 e. The number of hydrogen-bond acceptors (Lipinski definition) is 2. The molecule has 0 atom stereocenters. The fraction of sp³-hybridized carbons (Fsp3) is 0. The first-order chi connectivity index (χ1) is 7.66. The molecule has 0 heterocycles. The quantitative estimate of drug-likeness (QED) is 0.865. The number of hydrogen-bond donors (Lipinski definition) is 1. The van der Waals surface area contributed by atoms with Gasteiger partial charge in [-0.15, -0.1) is 0 Å². The molecule has 0 aliphatic carbocycles. The number of benzene rings is 2. The van der Waals surface area contributed by atoms with E-state index in [1.165, 1.54) is 6.07 Å². The molecule has 16 heavy (non-hydrogen) atoms. The van der Waals surface area contributed by atoms with Gasteiger partial charge in [-0.05, 0) is 41.5 Å². The van der Waals surface area contributed by atoms with Gasteiger partial charge in [-0.25, -0.2) is 8.42 Å². The molecule has 0 saturated heterocycles. The predicted molar refractivity (Wildman–Crippen MR) is 67.0 cm³/mol. The van der Waals surface area contributed by atoms with Crippen molar-refractivity contribution in [3.05, 3.63) is 53.0 Å². The molecule has 2 aromatic rings. The van der Waals surface area contributed by atoms with Gasteiger partial charge in [-0.1, -0.05) is 34.1 Å². The van der Waals surface area contributed by atoms with Crippen molar-refractivity contribution in [3.63, 3.8) is 0 Å². The summed E-state index contributed by atoms with van der Waals surface area (Å²) in [5, 5.41) is 0. The first kappa shape index (κ1) is 11.4. The minimum absolute atomic E-state index is 0.288. The van der Waals surface area contributed by atoms with Gasteiger partial charge in [0.15, 0.2) is 10.7 Å². The van der Waals surface area contributed by atoms with E-state index >= 15 is 0 Å². The number of halogens is 1. The van der Waals surface area contributed by atoms with Crippen LogP contribution in [0.5, 0.6) is 0 Å². The molecular formula is C12H8BrO2S. The van der Waals surface area contributed by atoms with Crippen molar-refractivity contribution in [3.8, 4) is 11.1 Å². The van der Waals surface area contributed by atoms with Crippen molar-refractivity contribution in [2.45, 2.75) is 4.90 Å². The molecule has 0 bridgehead atoms. The Morgan fingerprint density at radius 1 is 1.00 bits per heavy atom. The lowest BCUT2D eigenvalue weighted by Gasteiger charge is -2.01. The number of rotatable bonds is 2. The van der Waals surface area contributed by atoms with Crippen molar-refractivity contribution >= 4 is 26.6 Å². The smallest absolute Gasteiger partial charge is 0.168 e. The molecule has 1 radical (unpaired) electrons. The first-order valence-corrected chi connectivity index (χ1v) is 6.56. The lowest BCUT2D eigenvalue weighted by atomic mass is 10.1. The molecular weight excluding hydrogens is 288 g/mol. The Morgan fingerprint density at radius 2 is 1.69 bits per heavy atom. The molecule has 0 aliphatic rings. The van der Waals surface area contributed by atoms with Crippen LogP contribution in [-0.2, 0) is 10.7 Å². The second-order valence-electron chi connectivity index (χ2n) is 3.22. The second kappa shape index (κ2) is 4.80. The molecule has 0 aliphatic heterocycles. The van der Waals surface area contributed by atoms with Crippen LogP contribution in [0.2, 0.25) is 0 Å². The van der Waals surface area contributed by atoms with Gasteiger partial charge in [0.2, 0.25) is 0 Å². The summed E-state index contributed by atoms with van der Waals surface area (Å²) in [6, 6.07) is 15.6. The maximum atomic E-state index is 10.7. The third-order valence-corrected chi connectivity index (χ3v) is 3.39. The van der Waals surface area contributed by atoms with Crippen LogP contribution < -0.4 is 0 Å². The van der Waals surface area contributed by atoms with Gasteiger partial charge in [0.05, 0.1) is 4.90 Å². The molecule has 0 N–H and O–H groups in total. The summed E-state index contributed by atoms with van der Waals surface area (Å²) in [6.45, 7) is 0. The van der Waals surface area contributed by atoms with Gasteiger partial charge in [0.1, 0.15) is 0 Å². The van der Waals surface area contributed by atoms with E-state index in [1.54, 1.807) is 12.1 Å². The fourth-order valence-electron chi connectivity index (χ4n) is 1.34. The predicted octanol–water partition coefficient (Wildman–Crippen LogP) is 2.89. The van der Waals surface area contributed by atoms with E-state index in [1.807, 2.05) is 24.3 Å². The average molecular weight is 296 g/mol. The Hall–Kier alpha value is -1.13. The van der Waals surface area contributed by atoms with Gasteiger partial charge in [0.25, 0.3) is 0 Å². The van der Waals surface area contributed by atoms with Crippen LogP contribution in [-0.4, -0.2) is 8.42 Å². The third-order valence-electron chi connectivity index (χ3n) is 2.16. The van der Waals surface area contributed by atoms with Crippen LogP contribution in [0.4, 0.5) is 0 Å². The van der Waals surface area contributed by atoms with E-state index < -0.39 is 10.7 Å². The van der Waals surface area contributed by atoms with Crippen LogP contribution >= 0.6 is 15.9 Å². The van der Waals surface area contributed by atoms with Gasteiger partial charge in [-0.2, -0.15) is 0 Å². The average Bonchev–Trinajstić information content (AvgIpc) is 2.30. The summed E-state index contributed by atoms with van der Waals surface area (Å²) in [5.74, 6) is 0. The molecule has 2 aromatic carbocycles. The molecule has 0 unspecified atom stereocenters. The Balaban J connectivity index is 2.38. The van der Waals surface area contributed by atoms with Crippen LogP contribution in [0.1, 0.15) is 0 Å². The summed E-state index contributed by atoms with van der Waals surface area (Å²) in [7, 11) is -2.52. The second-order valence-corrected chi connectivity index (χ2v) is 5.17. The van der Waals surface area contributed by atoms with Crippen LogP contribution in [0, 0.1) is 6.07 Å². The molecule has 0 saturated carbocycles. The van der Waals surface area contributed by atoms with Crippen LogP contribution in [0.3, 0.4) is 0 Å². The molecule has 0 spiro atoms. The van der Waals surface area contributed by atoms with Crippen molar-refractivity contribution in [1.82, 2.24) is 0 Å². The van der Waals surface area contributed by atoms with Crippen molar-refractivity contribution < 1.29 is 8.42 Å². The van der Waals surface area contributed by atoms with Crippen LogP contribution in [0.15, 0.2) is 51.8 Å². The van der Waals surface area contributed by atoms with Gasteiger partial charge in [-0.3, -0.25) is 0 Å². The topological polar surface area (TPSA) is 34.1 Å². The highest BCUT2D eigenvalue weighted by Crippen LogP contribution is 2.21. The monoisotopic (exact) mass is 295 g/mol. The van der Waals surface area contributed by atoms with Crippen molar-refractivity contribution in [1.29, 1.82) is 0 Å². The Bertz CT molecular complexity index is 549. The highest BCUT2D eigenvalue weighted by molar-refractivity contribution is 9.10. The molecule has 2 rings (SSSR count). The van der Waals surface area contributed by atoms with Crippen molar-refractivity contribution in [2.75, 3.05) is 0 Å². The lowest BCUT2D eigenvalue weighted by molar-refractivity contribution is 0.614. The highest BCUT2D eigenvalue weighted by atomic mass is 79.9. The van der Waals surface area contributed by atoms with E-state index in [4.69, 9.17) is 0 Å². The summed E-state index contributed by atoms with van der Waals surface area (Å²) < 4.78 is 22.4. The normalized spacial score (nSPS) is 10.6. The molecule has 0 fully saturated rings. The summed E-state index contributed by atoms with van der Waals surface area (Å²) >= 11 is 3.36. The third kappa shape index (κ3) is 2.51. The highest BCUT2D eigenvalue weighted by Gasteiger charge is 1.99. The molecule has 0 amide bonds. The van der Waals surface area contributed by atoms with Gasteiger partial charge >= 0.3 is 0 Å². The standard InChI is InChI=1S/C12H8BrO2S/c13-11-5-1-9(2-6-11)10-3-7-12(8-4-10)16(14)15/h1-3,5-8,16H. The summed E-state index contributed by atoms with van der Waals surface area (Å²) in [6.07, 6.45) is 0. The molecule has 2 nitrogen and oxygen atoms in total. The number of thiol groups is 1. The zero-order valence-corrected chi connectivity index (χ0v) is 10.7. The Labute approximate surface area is 104 Å². The fourth-order valence-corrected chi connectivity index (χ4v) is 1.97. The van der Waals surface area contributed by atoms with E-state index in [0.717, 1.165) is 15.6 Å². The van der Waals surface area contributed by atoms with E-state index in [-0.39, 0.29) is 4.90 Å². The van der Waals surface area contributed by atoms with E-state index in [2.05, 4.69) is 22.0 Å². The summed E-state index contributed by atoms with van der Waals surface area (Å²) in [4.78, 5) is 0.288. The van der Waals surface area contributed by atoms with Crippen molar-refractivity contribution in [2.24, 2.45) is 0 Å². The molecule has 81 valence electrons. The van der Waals surface area contributed by atoms with Gasteiger partial charge < -0.3 is 0 Å². The van der Waals surface area contributed by atoms with E-state index in [9.17, 15) is 8.42 Å². The maximum Gasteiger partial charge on any atom is 0.168 e. The molecule has 4 heteroatoms. The zero-order valence-electron chi connectivity index (χ0n) is 8.18. The maximum absolute atomic E-state index is 10.7. The summed E-state index contributed by atoms with van der Waals surface area (Å²) in [5.41, 5.74) is 1.89. The Morgan fingerprint density at radius 3 is 2.19 bits per heavy atom. The zero-order chi connectivity index (χ0) is 11.5. The molecule has 0 aromatic heterocycles. The van der Waals surface area contributed by atoms with Crippen LogP contribution in [0.25, 0.3) is 11.1 Å². The van der Waals surface area contributed by atoms with Gasteiger partial charge in [0, 0.05) is 4.47 Å². The minimum atomic E-state index is -2.52. The SMILES string of the molecule is O=[SH](=O)c1c[c]c(-c2ccc(Br)cc2)cc1. The first-order valence-electron chi connectivity index (χ1n) is 4.59. The largest absolute Gasteiger partial charge is 0.227 e.